The molecule has 23 heavy (non-hydrogen) atoms. The summed E-state index contributed by atoms with van der Waals surface area (Å²) in [4.78, 5) is 13.1. The number of hydrogen-bond donors (Lipinski definition) is 2. The van der Waals surface area contributed by atoms with E-state index in [1.165, 1.54) is 4.90 Å². The first kappa shape index (κ1) is 20.6. The summed E-state index contributed by atoms with van der Waals surface area (Å²) in [5, 5.41) is 7.23. The van der Waals surface area contributed by atoms with E-state index in [2.05, 4.69) is 17.6 Å². The molecule has 3 nitrogen and oxygen atoms in total. The Hall–Kier alpha value is -0.420. The second-order valence-electron chi connectivity index (χ2n) is 6.24. The van der Waals surface area contributed by atoms with Gasteiger partial charge in [0.1, 0.15) is 0 Å². The second kappa shape index (κ2) is 10.4. The van der Waals surface area contributed by atoms with Crippen molar-refractivity contribution in [2.45, 2.75) is 37.5 Å². The number of nitrogens with one attached hydrogen (secondary N) is 2. The summed E-state index contributed by atoms with van der Waals surface area (Å²) in [6.07, 6.45) is 3.78. The molecule has 1 aromatic carbocycles. The first-order valence-electron chi connectivity index (χ1n) is 7.93. The smallest absolute Gasteiger partial charge is 0.220 e. The van der Waals surface area contributed by atoms with Gasteiger partial charge in [-0.1, -0.05) is 18.5 Å². The van der Waals surface area contributed by atoms with Gasteiger partial charge < -0.3 is 10.6 Å². The quantitative estimate of drug-likeness (QED) is 0.554. The highest BCUT2D eigenvalue weighted by molar-refractivity contribution is 7.99. The summed E-state index contributed by atoms with van der Waals surface area (Å²) < 4.78 is 0. The number of hydrogen-bond acceptors (Lipinski definition) is 3. The Labute approximate surface area is 154 Å². The largest absolute Gasteiger partial charge is 0.356 e. The van der Waals surface area contributed by atoms with E-state index in [-0.39, 0.29) is 23.7 Å². The van der Waals surface area contributed by atoms with Crippen LogP contribution in [0.4, 0.5) is 0 Å². The Morgan fingerprint density at radius 2 is 1.96 bits per heavy atom. The predicted octanol–water partition coefficient (Wildman–Crippen LogP) is 4.14. The predicted molar refractivity (Wildman–Crippen MR) is 102 cm³/mol. The number of amides is 1. The summed E-state index contributed by atoms with van der Waals surface area (Å²) in [5.41, 5.74) is 0.263. The van der Waals surface area contributed by atoms with Crippen molar-refractivity contribution in [2.24, 2.45) is 5.41 Å². The van der Waals surface area contributed by atoms with Crippen LogP contribution in [0.25, 0.3) is 0 Å². The van der Waals surface area contributed by atoms with Crippen molar-refractivity contribution in [1.29, 1.82) is 0 Å². The maximum Gasteiger partial charge on any atom is 0.220 e. The molecule has 2 rings (SSSR count). The molecule has 0 saturated carbocycles. The lowest BCUT2D eigenvalue weighted by Crippen LogP contribution is -2.42. The van der Waals surface area contributed by atoms with Crippen LogP contribution in [0.2, 0.25) is 5.02 Å². The fraction of sp³-hybridized carbons (Fsp3) is 0.588. The van der Waals surface area contributed by atoms with Crippen molar-refractivity contribution >= 4 is 41.7 Å². The zero-order valence-electron chi connectivity index (χ0n) is 13.6. The van der Waals surface area contributed by atoms with Crippen LogP contribution >= 0.6 is 35.8 Å². The molecule has 1 saturated heterocycles. The van der Waals surface area contributed by atoms with Gasteiger partial charge in [-0.05, 0) is 67.8 Å². The van der Waals surface area contributed by atoms with Crippen LogP contribution in [-0.2, 0) is 4.79 Å². The molecular formula is C17H26Cl2N2OS. The molecule has 1 amide bonds. The van der Waals surface area contributed by atoms with Gasteiger partial charge in [-0.15, -0.1) is 24.2 Å². The molecule has 1 aliphatic heterocycles. The molecule has 1 aliphatic rings. The normalized spacial score (nSPS) is 16.4. The van der Waals surface area contributed by atoms with Crippen LogP contribution in [0.1, 0.15) is 32.6 Å². The highest BCUT2D eigenvalue weighted by atomic mass is 35.5. The fourth-order valence-corrected chi connectivity index (χ4v) is 3.54. The maximum absolute atomic E-state index is 11.9. The SMILES string of the molecule is CC1(CNC(=O)CCCSc2ccc(Cl)cc2)CCNCC1.Cl. The van der Waals surface area contributed by atoms with Gasteiger partial charge in [0.05, 0.1) is 0 Å². The van der Waals surface area contributed by atoms with E-state index in [9.17, 15) is 4.79 Å². The molecule has 6 heteroatoms. The van der Waals surface area contributed by atoms with Gasteiger partial charge in [-0.2, -0.15) is 0 Å². The van der Waals surface area contributed by atoms with Gasteiger partial charge in [-0.25, -0.2) is 0 Å². The van der Waals surface area contributed by atoms with E-state index < -0.39 is 0 Å². The number of halogens is 2. The highest BCUT2D eigenvalue weighted by Gasteiger charge is 2.26. The third-order valence-corrected chi connectivity index (χ3v) is 5.50. The Kier molecular flexibility index (Phi) is 9.37. The Balaban J connectivity index is 0.00000264. The lowest BCUT2D eigenvalue weighted by molar-refractivity contribution is -0.121. The molecular weight excluding hydrogens is 351 g/mol. The second-order valence-corrected chi connectivity index (χ2v) is 7.85. The minimum Gasteiger partial charge on any atom is -0.356 e. The van der Waals surface area contributed by atoms with Crippen LogP contribution in [-0.4, -0.2) is 31.3 Å². The zero-order valence-corrected chi connectivity index (χ0v) is 16.0. The van der Waals surface area contributed by atoms with E-state index in [1.807, 2.05) is 24.3 Å². The highest BCUT2D eigenvalue weighted by Crippen LogP contribution is 2.26. The first-order valence-corrected chi connectivity index (χ1v) is 9.30. The molecule has 0 aliphatic carbocycles. The van der Waals surface area contributed by atoms with Crippen LogP contribution in [0.15, 0.2) is 29.2 Å². The van der Waals surface area contributed by atoms with E-state index >= 15 is 0 Å². The first-order chi connectivity index (χ1) is 10.6. The molecule has 1 aromatic rings. The van der Waals surface area contributed by atoms with Crippen molar-refractivity contribution in [2.75, 3.05) is 25.4 Å². The standard InChI is InChI=1S/C17H25ClN2OS.ClH/c1-17(8-10-19-11-9-17)13-20-16(21)3-2-12-22-15-6-4-14(18)5-7-15;/h4-7,19H,2-3,8-13H2,1H3,(H,20,21);1H. The molecule has 2 N–H and O–H groups in total. The molecule has 1 fully saturated rings. The van der Waals surface area contributed by atoms with Gasteiger partial charge >= 0.3 is 0 Å². The van der Waals surface area contributed by atoms with Crippen LogP contribution in [0.3, 0.4) is 0 Å². The maximum atomic E-state index is 11.9. The molecule has 0 bridgehead atoms. The summed E-state index contributed by atoms with van der Waals surface area (Å²) in [5.74, 6) is 1.13. The van der Waals surface area contributed by atoms with Gasteiger partial charge in [0.15, 0.2) is 0 Å². The Morgan fingerprint density at radius 1 is 1.30 bits per heavy atom. The summed E-state index contributed by atoms with van der Waals surface area (Å²) in [6.45, 7) is 5.19. The van der Waals surface area contributed by atoms with Crippen molar-refractivity contribution < 1.29 is 4.79 Å². The van der Waals surface area contributed by atoms with Gasteiger partial charge in [0.25, 0.3) is 0 Å². The number of carbonyl (C=O) groups is 1. The molecule has 0 atom stereocenters. The lowest BCUT2D eigenvalue weighted by Gasteiger charge is -2.34. The summed E-state index contributed by atoms with van der Waals surface area (Å²) in [6, 6.07) is 7.84. The third-order valence-electron chi connectivity index (χ3n) is 4.15. The molecule has 1 heterocycles. The Morgan fingerprint density at radius 3 is 2.61 bits per heavy atom. The van der Waals surface area contributed by atoms with Gasteiger partial charge in [-0.3, -0.25) is 4.79 Å². The van der Waals surface area contributed by atoms with Crippen LogP contribution in [0.5, 0.6) is 0 Å². The third kappa shape index (κ3) is 7.79. The molecule has 0 radical (unpaired) electrons. The molecule has 0 spiro atoms. The monoisotopic (exact) mass is 376 g/mol. The number of piperidine rings is 1. The van der Waals surface area contributed by atoms with Crippen molar-refractivity contribution in [1.82, 2.24) is 10.6 Å². The van der Waals surface area contributed by atoms with Gasteiger partial charge in [0, 0.05) is 22.9 Å². The average molecular weight is 377 g/mol. The van der Waals surface area contributed by atoms with E-state index in [4.69, 9.17) is 11.6 Å². The number of thioether (sulfide) groups is 1. The number of rotatable bonds is 7. The van der Waals surface area contributed by atoms with Crippen LogP contribution < -0.4 is 10.6 Å². The minimum atomic E-state index is 0. The van der Waals surface area contributed by atoms with Crippen molar-refractivity contribution in [3.63, 3.8) is 0 Å². The molecule has 0 unspecified atom stereocenters. The number of carbonyl (C=O) groups excluding carboxylic acids is 1. The zero-order chi connectivity index (χ0) is 15.8. The van der Waals surface area contributed by atoms with E-state index in [0.717, 1.165) is 49.7 Å². The fourth-order valence-electron chi connectivity index (χ4n) is 2.56. The summed E-state index contributed by atoms with van der Waals surface area (Å²) in [7, 11) is 0. The molecule has 130 valence electrons. The lowest BCUT2D eigenvalue weighted by atomic mass is 9.81. The van der Waals surface area contributed by atoms with E-state index in [0.29, 0.717) is 6.42 Å². The number of benzene rings is 1. The Bertz CT molecular complexity index is 476. The van der Waals surface area contributed by atoms with Crippen molar-refractivity contribution in [3.05, 3.63) is 29.3 Å². The van der Waals surface area contributed by atoms with Crippen LogP contribution in [0, 0.1) is 5.41 Å². The van der Waals surface area contributed by atoms with Gasteiger partial charge in [0.2, 0.25) is 5.91 Å². The van der Waals surface area contributed by atoms with E-state index in [1.54, 1.807) is 11.8 Å². The van der Waals surface area contributed by atoms with Crippen molar-refractivity contribution in [3.8, 4) is 0 Å². The minimum absolute atomic E-state index is 0. The summed E-state index contributed by atoms with van der Waals surface area (Å²) >= 11 is 7.63. The average Bonchev–Trinajstić information content (AvgIpc) is 2.52. The topological polar surface area (TPSA) is 41.1 Å². The molecule has 0 aromatic heterocycles.